The van der Waals surface area contributed by atoms with Crippen molar-refractivity contribution >= 4 is 53.7 Å². The van der Waals surface area contributed by atoms with Gasteiger partial charge in [0.25, 0.3) is 0 Å². The van der Waals surface area contributed by atoms with Crippen molar-refractivity contribution in [3.63, 3.8) is 0 Å². The third-order valence-corrected chi connectivity index (χ3v) is 5.60. The smallest absolute Gasteiger partial charge is 0.302 e. The van der Waals surface area contributed by atoms with Crippen LogP contribution >= 0.6 is 31.9 Å². The van der Waals surface area contributed by atoms with Gasteiger partial charge in [-0.25, -0.2) is 0 Å². The molecule has 0 radical (unpaired) electrons. The molecule has 1 aromatic rings. The number of halogens is 3. The summed E-state index contributed by atoms with van der Waals surface area (Å²) in [6.07, 6.45) is 0.0524. The number of benzene rings is 1. The molecule has 19 heavy (non-hydrogen) atoms. The second-order valence-corrected chi connectivity index (χ2v) is 7.50. The molecule has 1 fully saturated rings. The monoisotopic (exact) mass is 413 g/mol. The van der Waals surface area contributed by atoms with Crippen molar-refractivity contribution < 1.29 is 17.1 Å². The summed E-state index contributed by atoms with van der Waals surface area (Å²) in [6.45, 7) is 0.218. The van der Waals surface area contributed by atoms with Crippen molar-refractivity contribution in [3.05, 3.63) is 27.1 Å². The molecule has 0 N–H and O–H groups in total. The van der Waals surface area contributed by atoms with Crippen molar-refractivity contribution in [1.29, 1.82) is 0 Å². The Morgan fingerprint density at radius 1 is 1.32 bits per heavy atom. The molecule has 0 aliphatic carbocycles. The molecular formula is C11H10Br2FNO3S. The van der Waals surface area contributed by atoms with Crippen LogP contribution in [0.1, 0.15) is 6.42 Å². The van der Waals surface area contributed by atoms with E-state index in [0.717, 1.165) is 8.95 Å². The zero-order chi connectivity index (χ0) is 14.2. The van der Waals surface area contributed by atoms with Gasteiger partial charge in [-0.2, -0.15) is 8.42 Å². The third kappa shape index (κ3) is 3.76. The summed E-state index contributed by atoms with van der Waals surface area (Å²) in [4.78, 5) is 13.3. The van der Waals surface area contributed by atoms with Gasteiger partial charge in [0.1, 0.15) is 0 Å². The van der Waals surface area contributed by atoms with Crippen molar-refractivity contribution in [3.8, 4) is 0 Å². The van der Waals surface area contributed by atoms with Crippen LogP contribution in [0.3, 0.4) is 0 Å². The van der Waals surface area contributed by atoms with Gasteiger partial charge >= 0.3 is 10.2 Å². The van der Waals surface area contributed by atoms with E-state index in [1.165, 1.54) is 4.90 Å². The SMILES string of the molecule is O=C1CC(CS(=O)(=O)F)CN1c1ccc(Br)c(Br)c1. The molecule has 4 nitrogen and oxygen atoms in total. The summed E-state index contributed by atoms with van der Waals surface area (Å²) in [5, 5.41) is 0. The van der Waals surface area contributed by atoms with Gasteiger partial charge in [0.15, 0.2) is 0 Å². The number of rotatable bonds is 3. The molecule has 1 aliphatic heterocycles. The largest absolute Gasteiger partial charge is 0.312 e. The normalized spacial score (nSPS) is 20.1. The second-order valence-electron chi connectivity index (χ2n) is 4.38. The van der Waals surface area contributed by atoms with Crippen LogP contribution in [0, 0.1) is 5.92 Å². The summed E-state index contributed by atoms with van der Waals surface area (Å²) in [5.41, 5.74) is 0.666. The maximum absolute atomic E-state index is 12.6. The topological polar surface area (TPSA) is 54.5 Å². The Kier molecular flexibility index (Phi) is 4.32. The fourth-order valence-corrected chi connectivity index (χ4v) is 3.48. The Labute approximate surface area is 127 Å². The fourth-order valence-electron chi connectivity index (χ4n) is 2.08. The molecule has 2 rings (SSSR count). The molecule has 0 aromatic heterocycles. The number of amides is 1. The minimum atomic E-state index is -4.55. The highest BCUT2D eigenvalue weighted by atomic mass is 79.9. The van der Waals surface area contributed by atoms with Gasteiger partial charge in [0, 0.05) is 33.5 Å². The maximum atomic E-state index is 12.6. The van der Waals surface area contributed by atoms with E-state index in [-0.39, 0.29) is 18.9 Å². The lowest BCUT2D eigenvalue weighted by molar-refractivity contribution is -0.117. The summed E-state index contributed by atoms with van der Waals surface area (Å²) in [5.74, 6) is -1.29. The van der Waals surface area contributed by atoms with Gasteiger partial charge in [-0.1, -0.05) is 0 Å². The second kappa shape index (κ2) is 5.49. The van der Waals surface area contributed by atoms with E-state index in [0.29, 0.717) is 5.69 Å². The van der Waals surface area contributed by atoms with Gasteiger partial charge in [-0.05, 0) is 50.1 Å². The zero-order valence-corrected chi connectivity index (χ0v) is 13.6. The molecule has 0 saturated carbocycles. The van der Waals surface area contributed by atoms with Crippen molar-refractivity contribution in [2.75, 3.05) is 17.2 Å². The first-order valence-corrected chi connectivity index (χ1v) is 8.58. The first kappa shape index (κ1) is 14.9. The number of anilines is 1. The molecule has 1 aromatic carbocycles. The lowest BCUT2D eigenvalue weighted by Gasteiger charge is -2.17. The van der Waals surface area contributed by atoms with E-state index in [1.54, 1.807) is 18.2 Å². The fraction of sp³-hybridized carbons (Fsp3) is 0.364. The van der Waals surface area contributed by atoms with Crippen molar-refractivity contribution in [2.24, 2.45) is 5.92 Å². The molecule has 104 valence electrons. The van der Waals surface area contributed by atoms with Crippen LogP contribution in [0.25, 0.3) is 0 Å². The standard InChI is InChI=1S/C11H10Br2FNO3S/c12-9-2-1-8(4-10(9)13)15-5-7(3-11(15)16)6-19(14,17)18/h1-2,4,7H,3,5-6H2. The first-order chi connectivity index (χ1) is 8.76. The van der Waals surface area contributed by atoms with Crippen LogP contribution in [0.2, 0.25) is 0 Å². The summed E-state index contributed by atoms with van der Waals surface area (Å²) in [6, 6.07) is 5.29. The van der Waals surface area contributed by atoms with E-state index in [2.05, 4.69) is 31.9 Å². The minimum absolute atomic E-state index is 0.0524. The number of hydrogen-bond acceptors (Lipinski definition) is 3. The van der Waals surface area contributed by atoms with Gasteiger partial charge in [0.2, 0.25) is 5.91 Å². The van der Waals surface area contributed by atoms with E-state index in [1.807, 2.05) is 0 Å². The average Bonchev–Trinajstić information content (AvgIpc) is 2.61. The molecule has 1 aliphatic rings. The molecular weight excluding hydrogens is 405 g/mol. The number of carbonyl (C=O) groups excluding carboxylic acids is 1. The molecule has 1 unspecified atom stereocenters. The average molecular weight is 415 g/mol. The maximum Gasteiger partial charge on any atom is 0.302 e. The molecule has 1 heterocycles. The Balaban J connectivity index is 2.18. The number of carbonyl (C=O) groups is 1. The van der Waals surface area contributed by atoms with Crippen LogP contribution in [-0.4, -0.2) is 26.6 Å². The van der Waals surface area contributed by atoms with Crippen LogP contribution in [0.5, 0.6) is 0 Å². The summed E-state index contributed by atoms with van der Waals surface area (Å²) in [7, 11) is -4.55. The summed E-state index contributed by atoms with van der Waals surface area (Å²) >= 11 is 6.66. The summed E-state index contributed by atoms with van der Waals surface area (Å²) < 4.78 is 35.5. The highest BCUT2D eigenvalue weighted by Gasteiger charge is 2.33. The molecule has 0 spiro atoms. The van der Waals surface area contributed by atoms with Crippen LogP contribution in [0.15, 0.2) is 27.1 Å². The van der Waals surface area contributed by atoms with Crippen molar-refractivity contribution in [2.45, 2.75) is 6.42 Å². The Morgan fingerprint density at radius 3 is 2.58 bits per heavy atom. The van der Waals surface area contributed by atoms with E-state index in [4.69, 9.17) is 0 Å². The molecule has 1 atom stereocenters. The van der Waals surface area contributed by atoms with Gasteiger partial charge < -0.3 is 4.90 Å². The lowest BCUT2D eigenvalue weighted by Crippen LogP contribution is -2.25. The third-order valence-electron chi connectivity index (χ3n) is 2.85. The Bertz CT molecular complexity index is 620. The van der Waals surface area contributed by atoms with Crippen molar-refractivity contribution in [1.82, 2.24) is 0 Å². The minimum Gasteiger partial charge on any atom is -0.312 e. The number of nitrogens with zero attached hydrogens (tertiary/aromatic N) is 1. The van der Waals surface area contributed by atoms with Gasteiger partial charge in [0.05, 0.1) is 5.75 Å². The van der Waals surface area contributed by atoms with Crippen LogP contribution in [-0.2, 0) is 15.0 Å². The van der Waals surface area contributed by atoms with Gasteiger partial charge in [-0.15, -0.1) is 3.89 Å². The molecule has 1 saturated heterocycles. The first-order valence-electron chi connectivity index (χ1n) is 5.44. The molecule has 8 heteroatoms. The van der Waals surface area contributed by atoms with Crippen LogP contribution in [0.4, 0.5) is 9.57 Å². The number of hydrogen-bond donors (Lipinski definition) is 0. The Hall–Kier alpha value is -0.470. The van der Waals surface area contributed by atoms with Gasteiger partial charge in [-0.3, -0.25) is 4.79 Å². The van der Waals surface area contributed by atoms with E-state index >= 15 is 0 Å². The predicted molar refractivity (Wildman–Crippen MR) is 77.2 cm³/mol. The highest BCUT2D eigenvalue weighted by Crippen LogP contribution is 2.31. The highest BCUT2D eigenvalue weighted by molar-refractivity contribution is 9.13. The van der Waals surface area contributed by atoms with E-state index < -0.39 is 21.9 Å². The zero-order valence-electron chi connectivity index (χ0n) is 9.64. The van der Waals surface area contributed by atoms with Crippen LogP contribution < -0.4 is 4.90 Å². The molecule has 1 amide bonds. The predicted octanol–water partition coefficient (Wildman–Crippen LogP) is 2.86. The van der Waals surface area contributed by atoms with E-state index in [9.17, 15) is 17.1 Å². The Morgan fingerprint density at radius 2 is 2.00 bits per heavy atom. The quantitative estimate of drug-likeness (QED) is 0.714. The lowest BCUT2D eigenvalue weighted by atomic mass is 10.1. The molecule has 0 bridgehead atoms.